The third-order valence-electron chi connectivity index (χ3n) is 4.92. The summed E-state index contributed by atoms with van der Waals surface area (Å²) < 4.78 is 11.5. The van der Waals surface area contributed by atoms with Crippen molar-refractivity contribution in [2.24, 2.45) is 0 Å². The number of likely N-dealkylation sites (N-methyl/N-ethyl adjacent to an activating group) is 1. The summed E-state index contributed by atoms with van der Waals surface area (Å²) in [6, 6.07) is 7.70. The number of para-hydroxylation sites is 1. The number of aryl methyl sites for hydroxylation is 1. The van der Waals surface area contributed by atoms with Crippen LogP contribution in [0.4, 0.5) is 5.82 Å². The van der Waals surface area contributed by atoms with Crippen molar-refractivity contribution in [1.29, 1.82) is 0 Å². The number of ether oxygens (including phenoxy) is 2. The van der Waals surface area contributed by atoms with Gasteiger partial charge in [0.15, 0.2) is 11.5 Å². The van der Waals surface area contributed by atoms with Crippen molar-refractivity contribution in [2.45, 2.75) is 25.8 Å². The number of rotatable bonds is 4. The first kappa shape index (κ1) is 19.0. The highest BCUT2D eigenvalue weighted by Gasteiger charge is 2.18. The Hall–Kier alpha value is -3.35. The Morgan fingerprint density at radius 3 is 3.03 bits per heavy atom. The highest BCUT2D eigenvalue weighted by atomic mass is 16.5. The topological polar surface area (TPSA) is 80.8 Å². The lowest BCUT2D eigenvalue weighted by atomic mass is 10.0. The second-order valence-electron chi connectivity index (χ2n) is 7.15. The summed E-state index contributed by atoms with van der Waals surface area (Å²) in [5, 5.41) is 2.76. The molecule has 0 atom stereocenters. The zero-order valence-corrected chi connectivity index (χ0v) is 16.3. The molecular weight excluding hydrogens is 370 g/mol. The van der Waals surface area contributed by atoms with Crippen molar-refractivity contribution >= 4 is 23.7 Å². The fraction of sp³-hybridized carbons (Fsp3) is 0.318. The van der Waals surface area contributed by atoms with Crippen LogP contribution in [0.25, 0.3) is 6.08 Å². The minimum absolute atomic E-state index is 0.0155. The molecule has 1 aromatic heterocycles. The molecule has 150 valence electrons. The van der Waals surface area contributed by atoms with E-state index in [9.17, 15) is 9.59 Å². The molecule has 1 N–H and O–H groups in total. The molecule has 3 heterocycles. The fourth-order valence-corrected chi connectivity index (χ4v) is 3.37. The van der Waals surface area contributed by atoms with E-state index in [0.29, 0.717) is 38.4 Å². The van der Waals surface area contributed by atoms with Crippen molar-refractivity contribution in [3.63, 3.8) is 0 Å². The monoisotopic (exact) mass is 393 g/mol. The fourth-order valence-electron chi connectivity index (χ4n) is 3.37. The van der Waals surface area contributed by atoms with Gasteiger partial charge >= 0.3 is 0 Å². The number of benzene rings is 1. The van der Waals surface area contributed by atoms with E-state index in [2.05, 4.69) is 10.3 Å². The Bertz CT molecular complexity index is 971. The molecule has 0 fully saturated rings. The van der Waals surface area contributed by atoms with Gasteiger partial charge < -0.3 is 19.7 Å². The average Bonchev–Trinajstić information content (AvgIpc) is 2.98. The Labute approximate surface area is 169 Å². The van der Waals surface area contributed by atoms with Crippen molar-refractivity contribution < 1.29 is 19.1 Å². The van der Waals surface area contributed by atoms with Crippen molar-refractivity contribution in [3.8, 4) is 11.5 Å². The maximum absolute atomic E-state index is 12.6. The van der Waals surface area contributed by atoms with E-state index in [1.165, 1.54) is 6.08 Å². The van der Waals surface area contributed by atoms with E-state index in [-0.39, 0.29) is 11.8 Å². The van der Waals surface area contributed by atoms with Crippen molar-refractivity contribution in [1.82, 2.24) is 9.88 Å². The molecule has 2 aliphatic heterocycles. The second kappa shape index (κ2) is 8.34. The van der Waals surface area contributed by atoms with E-state index < -0.39 is 0 Å². The third-order valence-corrected chi connectivity index (χ3v) is 4.92. The third kappa shape index (κ3) is 4.39. The number of carbonyl (C=O) groups excluding carboxylic acids is 2. The summed E-state index contributed by atoms with van der Waals surface area (Å²) in [5.41, 5.74) is 2.73. The molecule has 2 amide bonds. The summed E-state index contributed by atoms with van der Waals surface area (Å²) in [6.45, 7) is 1.66. The van der Waals surface area contributed by atoms with Gasteiger partial charge in [0.05, 0.1) is 13.2 Å². The number of nitrogens with zero attached hydrogens (tertiary/aromatic N) is 2. The van der Waals surface area contributed by atoms with Gasteiger partial charge in [-0.15, -0.1) is 0 Å². The average molecular weight is 393 g/mol. The van der Waals surface area contributed by atoms with E-state index in [1.54, 1.807) is 24.2 Å². The molecule has 1 aromatic carbocycles. The highest BCUT2D eigenvalue weighted by molar-refractivity contribution is 5.93. The number of anilines is 1. The summed E-state index contributed by atoms with van der Waals surface area (Å²) >= 11 is 0. The molecule has 0 saturated carbocycles. The van der Waals surface area contributed by atoms with Gasteiger partial charge in [0.2, 0.25) is 11.8 Å². The Kier molecular flexibility index (Phi) is 5.46. The lowest BCUT2D eigenvalue weighted by Gasteiger charge is -2.18. The second-order valence-corrected chi connectivity index (χ2v) is 7.15. The van der Waals surface area contributed by atoms with Crippen LogP contribution >= 0.6 is 0 Å². The van der Waals surface area contributed by atoms with Gasteiger partial charge in [-0.3, -0.25) is 9.59 Å². The molecule has 0 spiro atoms. The molecule has 29 heavy (non-hydrogen) atoms. The van der Waals surface area contributed by atoms with Crippen LogP contribution in [-0.4, -0.2) is 42.0 Å². The van der Waals surface area contributed by atoms with Crippen molar-refractivity contribution in [2.75, 3.05) is 25.6 Å². The number of hydrogen-bond acceptors (Lipinski definition) is 5. The molecular formula is C22H23N3O4. The van der Waals surface area contributed by atoms with Gasteiger partial charge in [-0.05, 0) is 35.8 Å². The van der Waals surface area contributed by atoms with Crippen LogP contribution in [0.2, 0.25) is 0 Å². The molecule has 7 heteroatoms. The van der Waals surface area contributed by atoms with Gasteiger partial charge in [0.1, 0.15) is 5.82 Å². The maximum Gasteiger partial charge on any atom is 0.246 e. The number of carbonyl (C=O) groups is 2. The number of hydrogen-bond donors (Lipinski definition) is 1. The Morgan fingerprint density at radius 1 is 1.28 bits per heavy atom. The Morgan fingerprint density at radius 2 is 2.14 bits per heavy atom. The standard InChI is InChI=1S/C22H23N3O4/c1-25(14-17-4-2-5-18-21(17)29-11-3-10-28-18)20(27)9-6-15-12-16-7-8-19(26)24-22(16)23-13-15/h2,4-6,9,12-13H,3,7-8,10-11,14H2,1H3,(H,23,24,26)/b9-6-. The van der Waals surface area contributed by atoms with Crippen molar-refractivity contribution in [3.05, 3.63) is 53.2 Å². The number of nitrogens with one attached hydrogen (secondary N) is 1. The predicted octanol–water partition coefficient (Wildman–Crippen LogP) is 2.80. The highest BCUT2D eigenvalue weighted by Crippen LogP contribution is 2.33. The SMILES string of the molecule is CN(Cc1cccc2c1OCCCO2)C(=O)/C=C\c1cnc2c(c1)CCC(=O)N2. The van der Waals surface area contributed by atoms with Gasteiger partial charge in [0.25, 0.3) is 0 Å². The van der Waals surface area contributed by atoms with Gasteiger partial charge in [0, 0.05) is 44.3 Å². The molecule has 2 aromatic rings. The quantitative estimate of drug-likeness (QED) is 0.808. The van der Waals surface area contributed by atoms with Crippen LogP contribution < -0.4 is 14.8 Å². The number of aromatic nitrogens is 1. The lowest BCUT2D eigenvalue weighted by Crippen LogP contribution is -2.24. The molecule has 7 nitrogen and oxygen atoms in total. The van der Waals surface area contributed by atoms with Crippen LogP contribution in [0.5, 0.6) is 11.5 Å². The summed E-state index contributed by atoms with van der Waals surface area (Å²) in [6.07, 6.45) is 6.87. The first-order valence-corrected chi connectivity index (χ1v) is 9.69. The summed E-state index contributed by atoms with van der Waals surface area (Å²) in [7, 11) is 1.75. The lowest BCUT2D eigenvalue weighted by molar-refractivity contribution is -0.125. The zero-order chi connectivity index (χ0) is 20.2. The van der Waals surface area contributed by atoms with Gasteiger partial charge in [-0.1, -0.05) is 12.1 Å². The largest absolute Gasteiger partial charge is 0.490 e. The van der Waals surface area contributed by atoms with E-state index in [1.807, 2.05) is 24.3 Å². The molecule has 2 aliphatic rings. The zero-order valence-electron chi connectivity index (χ0n) is 16.3. The molecule has 0 aliphatic carbocycles. The summed E-state index contributed by atoms with van der Waals surface area (Å²) in [4.78, 5) is 29.9. The molecule has 0 bridgehead atoms. The van der Waals surface area contributed by atoms with Crippen LogP contribution in [0, 0.1) is 0 Å². The molecule has 0 unspecified atom stereocenters. The van der Waals surface area contributed by atoms with E-state index in [4.69, 9.17) is 9.47 Å². The minimum Gasteiger partial charge on any atom is -0.490 e. The smallest absolute Gasteiger partial charge is 0.246 e. The van der Waals surface area contributed by atoms with Crippen LogP contribution in [-0.2, 0) is 22.6 Å². The summed E-state index contributed by atoms with van der Waals surface area (Å²) in [5.74, 6) is 1.91. The normalized spacial score (nSPS) is 15.4. The van der Waals surface area contributed by atoms with Crippen LogP contribution in [0.15, 0.2) is 36.5 Å². The first-order valence-electron chi connectivity index (χ1n) is 9.69. The molecule has 0 radical (unpaired) electrons. The van der Waals surface area contributed by atoms with Crippen LogP contribution in [0.3, 0.4) is 0 Å². The van der Waals surface area contributed by atoms with Crippen LogP contribution in [0.1, 0.15) is 29.5 Å². The van der Waals surface area contributed by atoms with E-state index >= 15 is 0 Å². The van der Waals surface area contributed by atoms with Gasteiger partial charge in [-0.2, -0.15) is 0 Å². The van der Waals surface area contributed by atoms with E-state index in [0.717, 1.165) is 34.6 Å². The predicted molar refractivity (Wildman–Crippen MR) is 109 cm³/mol. The number of pyridine rings is 1. The maximum atomic E-state index is 12.6. The number of fused-ring (bicyclic) bond motifs is 2. The van der Waals surface area contributed by atoms with Gasteiger partial charge in [-0.25, -0.2) is 4.98 Å². The minimum atomic E-state index is -0.122. The molecule has 0 saturated heterocycles. The molecule has 4 rings (SSSR count). The number of amides is 2. The Balaban J connectivity index is 1.43. The first-order chi connectivity index (χ1) is 14.1.